The maximum atomic E-state index is 9.12. The van der Waals surface area contributed by atoms with Gasteiger partial charge in [0, 0.05) is 0 Å². The van der Waals surface area contributed by atoms with E-state index in [4.69, 9.17) is 45.0 Å². The first kappa shape index (κ1) is 162. The Labute approximate surface area is 168 Å². The minimum atomic E-state index is -1.44. The summed E-state index contributed by atoms with van der Waals surface area (Å²) < 4.78 is 0. The molecule has 15 nitrogen and oxygen atoms in total. The number of carboxylic acids is 3. The van der Waals surface area contributed by atoms with Gasteiger partial charge < -0.3 is 68.3 Å². The summed E-state index contributed by atoms with van der Waals surface area (Å²) in [6, 6.07) is 0. The van der Waals surface area contributed by atoms with Gasteiger partial charge >= 0.3 is 11.9 Å². The van der Waals surface area contributed by atoms with Crippen LogP contribution in [0.4, 0.5) is 0 Å². The summed E-state index contributed by atoms with van der Waals surface area (Å²) in [5, 5.41) is 46.5. The van der Waals surface area contributed by atoms with Gasteiger partial charge in [-0.3, -0.25) is 0 Å². The van der Waals surface area contributed by atoms with Gasteiger partial charge in [0.2, 0.25) is 0 Å². The molecular formula is C13H48O15-4. The fourth-order valence-corrected chi connectivity index (χ4v) is 0. The lowest BCUT2D eigenvalue weighted by atomic mass is 10.8. The Morgan fingerprint density at radius 3 is 0.607 bits per heavy atom. The van der Waals surface area contributed by atoms with E-state index in [1.807, 2.05) is 0 Å². The third-order valence-electron chi connectivity index (χ3n) is 0.400. The SMILES string of the molecule is C.C.C.C.C.C.C.O.O.O.O=C(O)CO.O=C(O)CO.O=C([O-])CO.[OH-].[OH-].[OH-]. The van der Waals surface area contributed by atoms with Crippen LogP contribution in [0.3, 0.4) is 0 Å². The molecule has 0 saturated heterocycles. The fraction of sp³-hybridized carbons (Fsp3) is 0.769. The molecule has 14 N–H and O–H groups in total. The highest BCUT2D eigenvalue weighted by atomic mass is 16.4. The molecule has 0 aromatic carbocycles. The number of carboxylic acid groups (broad SMARTS) is 3. The van der Waals surface area contributed by atoms with E-state index >= 15 is 0 Å². The van der Waals surface area contributed by atoms with Gasteiger partial charge in [0.15, 0.2) is 0 Å². The molecule has 28 heavy (non-hydrogen) atoms. The summed E-state index contributed by atoms with van der Waals surface area (Å²) in [6.07, 6.45) is 0. The van der Waals surface area contributed by atoms with E-state index in [9.17, 15) is 0 Å². The maximum absolute atomic E-state index is 9.12. The van der Waals surface area contributed by atoms with E-state index in [1.165, 1.54) is 0 Å². The van der Waals surface area contributed by atoms with Gasteiger partial charge in [-0.05, 0) is 0 Å². The number of aliphatic carboxylic acids is 3. The van der Waals surface area contributed by atoms with Crippen LogP contribution < -0.4 is 5.11 Å². The van der Waals surface area contributed by atoms with Crippen molar-refractivity contribution in [1.82, 2.24) is 0 Å². The van der Waals surface area contributed by atoms with Crippen molar-refractivity contribution < 1.29 is 77.9 Å². The van der Waals surface area contributed by atoms with E-state index in [-0.39, 0.29) is 84.8 Å². The number of aliphatic hydroxyl groups excluding tert-OH is 3. The Kier molecular flexibility index (Phi) is 829. The smallest absolute Gasteiger partial charge is 0.329 e. The molecule has 0 amide bonds. The largest absolute Gasteiger partial charge is 0.870 e. The zero-order chi connectivity index (χ0) is 12.9. The van der Waals surface area contributed by atoms with Gasteiger partial charge in [-0.2, -0.15) is 0 Å². The third kappa shape index (κ3) is 779. The van der Waals surface area contributed by atoms with E-state index in [1.54, 1.807) is 0 Å². The second-order valence-corrected chi connectivity index (χ2v) is 1.63. The third-order valence-corrected chi connectivity index (χ3v) is 0.400. The molecule has 0 aromatic heterocycles. The van der Waals surface area contributed by atoms with Crippen molar-refractivity contribution in [3.05, 3.63) is 0 Å². The number of carbonyl (C=O) groups is 3. The molecule has 0 heterocycles. The van der Waals surface area contributed by atoms with Crippen molar-refractivity contribution >= 4 is 17.9 Å². The minimum absolute atomic E-state index is 0. The molecule has 0 atom stereocenters. The van der Waals surface area contributed by atoms with Gasteiger partial charge in [0.1, 0.15) is 13.2 Å². The number of carbonyl (C=O) groups excluding carboxylic acids is 1. The lowest BCUT2D eigenvalue weighted by Gasteiger charge is -1.86. The van der Waals surface area contributed by atoms with Crippen LogP contribution in [0.25, 0.3) is 0 Å². The summed E-state index contributed by atoms with van der Waals surface area (Å²) >= 11 is 0. The number of rotatable bonds is 3. The van der Waals surface area contributed by atoms with Crippen LogP contribution in [-0.2, 0) is 14.4 Å². The summed E-state index contributed by atoms with van der Waals surface area (Å²) in [5.41, 5.74) is 0. The molecule has 0 spiro atoms. The number of aliphatic hydroxyl groups is 3. The molecule has 0 bridgehead atoms. The highest BCUT2D eigenvalue weighted by Gasteiger charge is 1.83. The zero-order valence-corrected chi connectivity index (χ0v) is 10.3. The normalized spacial score (nSPS) is 3.96. The van der Waals surface area contributed by atoms with Gasteiger partial charge in [0.05, 0.1) is 12.6 Å². The van der Waals surface area contributed by atoms with Gasteiger partial charge in [-0.15, -0.1) is 0 Å². The van der Waals surface area contributed by atoms with Crippen LogP contribution in [0.2, 0.25) is 0 Å². The van der Waals surface area contributed by atoms with E-state index in [2.05, 4.69) is 0 Å². The molecule has 0 aliphatic heterocycles. The first-order chi connectivity index (χ1) is 6.81. The quantitative estimate of drug-likeness (QED) is 0.296. The number of hydrogen-bond donors (Lipinski definition) is 5. The van der Waals surface area contributed by atoms with Crippen LogP contribution in [0.1, 0.15) is 52.0 Å². The molecule has 0 aromatic rings. The first-order valence-corrected chi connectivity index (χ1v) is 3.27. The molecule has 15 heteroatoms. The topological polar surface area (TPSA) is 360 Å². The van der Waals surface area contributed by atoms with Crippen LogP contribution in [0.15, 0.2) is 0 Å². The Hall–Kier alpha value is -1.95. The average Bonchev–Trinajstić information content (AvgIpc) is 2.19. The second-order valence-electron chi connectivity index (χ2n) is 1.63. The fourth-order valence-electron chi connectivity index (χ4n) is 0. The molecule has 0 saturated carbocycles. The lowest BCUT2D eigenvalue weighted by Crippen LogP contribution is -2.25. The van der Waals surface area contributed by atoms with Crippen LogP contribution in [0, 0.1) is 0 Å². The van der Waals surface area contributed by atoms with Crippen molar-refractivity contribution in [1.29, 1.82) is 0 Å². The first-order valence-electron chi connectivity index (χ1n) is 3.27. The standard InChI is InChI=1S/3C2H4O3.7CH4.6H2O/c3*3-1-2(4)5;;;;;;;;;;;;;/h3*3H,1H2,(H,4,5);7*1H4;6*1H2/p-4. The molecule has 0 radical (unpaired) electrons. The second kappa shape index (κ2) is 143. The highest BCUT2D eigenvalue weighted by Crippen LogP contribution is 1.49. The summed E-state index contributed by atoms with van der Waals surface area (Å²) in [6.45, 7) is -2.44. The molecule has 0 fully saturated rings. The molecule has 0 aliphatic carbocycles. The zero-order valence-electron chi connectivity index (χ0n) is 10.3. The van der Waals surface area contributed by atoms with Gasteiger partial charge in [-0.1, -0.05) is 52.0 Å². The molecular weight excluding hydrogens is 396 g/mol. The molecule has 0 aliphatic rings. The monoisotopic (exact) mass is 444 g/mol. The Morgan fingerprint density at radius 1 is 0.536 bits per heavy atom. The van der Waals surface area contributed by atoms with Crippen molar-refractivity contribution in [3.63, 3.8) is 0 Å². The predicted octanol–water partition coefficient (Wildman–Crippen LogP) is -2.70. The molecule has 194 valence electrons. The van der Waals surface area contributed by atoms with Crippen molar-refractivity contribution in [2.24, 2.45) is 0 Å². The van der Waals surface area contributed by atoms with Gasteiger partial charge in [-0.25, -0.2) is 9.59 Å². The van der Waals surface area contributed by atoms with Gasteiger partial charge in [0.25, 0.3) is 0 Å². The lowest BCUT2D eigenvalue weighted by molar-refractivity contribution is -0.308. The summed E-state index contributed by atoms with van der Waals surface area (Å²) in [5.74, 6) is -3.82. The van der Waals surface area contributed by atoms with Crippen LogP contribution >= 0.6 is 0 Å². The highest BCUT2D eigenvalue weighted by molar-refractivity contribution is 5.67. The summed E-state index contributed by atoms with van der Waals surface area (Å²) in [7, 11) is 0. The summed E-state index contributed by atoms with van der Waals surface area (Å²) in [4.78, 5) is 27.2. The number of hydrogen-bond acceptors (Lipinski definition) is 10. The van der Waals surface area contributed by atoms with Crippen LogP contribution in [0.5, 0.6) is 0 Å². The van der Waals surface area contributed by atoms with Crippen molar-refractivity contribution in [2.75, 3.05) is 19.8 Å². The predicted molar refractivity (Wildman–Crippen MR) is 105 cm³/mol. The average molecular weight is 445 g/mol. The van der Waals surface area contributed by atoms with E-state index < -0.39 is 37.7 Å². The Morgan fingerprint density at radius 2 is 0.607 bits per heavy atom. The Balaban J connectivity index is -0.00000000447. The molecule has 0 rings (SSSR count). The molecule has 0 unspecified atom stereocenters. The van der Waals surface area contributed by atoms with Crippen LogP contribution in [-0.4, -0.2) is 96.1 Å². The van der Waals surface area contributed by atoms with E-state index in [0.717, 1.165) is 0 Å². The minimum Gasteiger partial charge on any atom is -0.870 e. The van der Waals surface area contributed by atoms with Crippen molar-refractivity contribution in [3.8, 4) is 0 Å². The van der Waals surface area contributed by atoms with E-state index in [0.29, 0.717) is 0 Å². The Bertz CT molecular complexity index is 167. The maximum Gasteiger partial charge on any atom is 0.329 e. The van der Waals surface area contributed by atoms with Crippen molar-refractivity contribution in [2.45, 2.75) is 52.0 Å².